The molecule has 2 aliphatic heterocycles. The lowest BCUT2D eigenvalue weighted by Gasteiger charge is -2.37. The second-order valence-electron chi connectivity index (χ2n) is 9.33. The van der Waals surface area contributed by atoms with Gasteiger partial charge in [-0.3, -0.25) is 4.79 Å². The molecule has 39 heavy (non-hydrogen) atoms. The molecule has 0 bridgehead atoms. The Hall–Kier alpha value is -3.47. The van der Waals surface area contributed by atoms with E-state index in [4.69, 9.17) is 18.6 Å². The highest BCUT2D eigenvalue weighted by molar-refractivity contribution is 5.88. The number of aliphatic hydroxyl groups is 5. The number of benzene rings is 2. The van der Waals surface area contributed by atoms with Crippen LogP contribution in [0, 0.1) is 0 Å². The predicted octanol–water partition coefficient (Wildman–Crippen LogP) is -1.10. The third-order valence-electron chi connectivity index (χ3n) is 6.82. The van der Waals surface area contributed by atoms with E-state index in [9.17, 15) is 50.8 Å². The van der Waals surface area contributed by atoms with E-state index in [2.05, 4.69) is 0 Å². The molecule has 0 radical (unpaired) electrons. The molecule has 3 heterocycles. The molecular weight excluding hydrogens is 524 g/mol. The van der Waals surface area contributed by atoms with E-state index < -0.39 is 96.2 Å². The molecular formula is C25H26O14. The van der Waals surface area contributed by atoms with Gasteiger partial charge in [0.05, 0.1) is 18.8 Å². The first-order chi connectivity index (χ1) is 18.5. The fourth-order valence-corrected chi connectivity index (χ4v) is 4.73. The summed E-state index contributed by atoms with van der Waals surface area (Å²) in [6.45, 7) is -1.11. The number of hydrogen-bond acceptors (Lipinski definition) is 14. The van der Waals surface area contributed by atoms with Gasteiger partial charge in [-0.2, -0.15) is 0 Å². The van der Waals surface area contributed by atoms with Crippen molar-refractivity contribution < 1.29 is 64.6 Å². The third-order valence-corrected chi connectivity index (χ3v) is 6.82. The van der Waals surface area contributed by atoms with Gasteiger partial charge in [-0.15, -0.1) is 0 Å². The zero-order valence-electron chi connectivity index (χ0n) is 20.0. The Morgan fingerprint density at radius 2 is 1.64 bits per heavy atom. The Morgan fingerprint density at radius 1 is 0.897 bits per heavy atom. The first-order valence-corrected chi connectivity index (χ1v) is 11.8. The van der Waals surface area contributed by atoms with Gasteiger partial charge in [0.2, 0.25) is 0 Å². The second kappa shape index (κ2) is 10.3. The molecule has 0 saturated carbocycles. The molecule has 0 aliphatic carbocycles. The molecule has 5 rings (SSSR count). The molecule has 14 heteroatoms. The molecule has 2 saturated heterocycles. The lowest BCUT2D eigenvalue weighted by atomic mass is 9.97. The van der Waals surface area contributed by atoms with Crippen LogP contribution in [0.5, 0.6) is 23.0 Å². The summed E-state index contributed by atoms with van der Waals surface area (Å²) in [5, 5.41) is 91.2. The van der Waals surface area contributed by atoms with Gasteiger partial charge in [0.15, 0.2) is 23.2 Å². The highest BCUT2D eigenvalue weighted by atomic mass is 16.7. The van der Waals surface area contributed by atoms with Crippen molar-refractivity contribution >= 4 is 11.0 Å². The molecule has 0 spiro atoms. The van der Waals surface area contributed by atoms with Crippen LogP contribution in [0.2, 0.25) is 0 Å². The largest absolute Gasteiger partial charge is 0.507 e. The third kappa shape index (κ3) is 4.66. The number of phenols is 4. The highest BCUT2D eigenvalue weighted by Crippen LogP contribution is 2.47. The Balaban J connectivity index is 1.55. The summed E-state index contributed by atoms with van der Waals surface area (Å²) in [6, 6.07) is 5.73. The Labute approximate surface area is 218 Å². The van der Waals surface area contributed by atoms with Crippen molar-refractivity contribution in [2.75, 3.05) is 13.2 Å². The molecule has 2 fully saturated rings. The van der Waals surface area contributed by atoms with E-state index in [1.807, 2.05) is 0 Å². The lowest BCUT2D eigenvalue weighted by molar-refractivity contribution is -0.291. The monoisotopic (exact) mass is 550 g/mol. The van der Waals surface area contributed by atoms with Crippen molar-refractivity contribution in [1.82, 2.24) is 0 Å². The maximum absolute atomic E-state index is 13.0. The lowest BCUT2D eigenvalue weighted by Crippen LogP contribution is -2.55. The Kier molecular flexibility index (Phi) is 7.13. The topological polar surface area (TPSA) is 240 Å². The van der Waals surface area contributed by atoms with Crippen LogP contribution in [0.25, 0.3) is 22.3 Å². The molecule has 2 aliphatic rings. The number of hydrogen-bond donors (Lipinski definition) is 9. The van der Waals surface area contributed by atoms with E-state index in [1.54, 1.807) is 0 Å². The second-order valence-corrected chi connectivity index (χ2v) is 9.33. The molecule has 3 aromatic rings. The predicted molar refractivity (Wildman–Crippen MR) is 128 cm³/mol. The van der Waals surface area contributed by atoms with E-state index in [0.717, 1.165) is 18.2 Å². The van der Waals surface area contributed by atoms with Gasteiger partial charge in [0, 0.05) is 17.7 Å². The van der Waals surface area contributed by atoms with Gasteiger partial charge >= 0.3 is 0 Å². The summed E-state index contributed by atoms with van der Waals surface area (Å²) < 4.78 is 22.2. The smallest absolute Gasteiger partial charge is 0.197 e. The fourth-order valence-electron chi connectivity index (χ4n) is 4.73. The van der Waals surface area contributed by atoms with Crippen molar-refractivity contribution in [1.29, 1.82) is 0 Å². The van der Waals surface area contributed by atoms with E-state index >= 15 is 0 Å². The van der Waals surface area contributed by atoms with Crippen LogP contribution in [0.15, 0.2) is 39.5 Å². The zero-order chi connectivity index (χ0) is 28.2. The summed E-state index contributed by atoms with van der Waals surface area (Å²) in [5.74, 6) is -2.32. The minimum absolute atomic E-state index is 0.0485. The van der Waals surface area contributed by atoms with Crippen LogP contribution in [-0.2, 0) is 14.2 Å². The van der Waals surface area contributed by atoms with Gasteiger partial charge < -0.3 is 64.6 Å². The number of ether oxygens (including phenoxy) is 3. The normalized spacial score (nSPS) is 31.1. The van der Waals surface area contributed by atoms with Crippen molar-refractivity contribution in [3.63, 3.8) is 0 Å². The van der Waals surface area contributed by atoms with E-state index in [-0.39, 0.29) is 22.3 Å². The van der Waals surface area contributed by atoms with Crippen LogP contribution >= 0.6 is 0 Å². The molecule has 210 valence electrons. The molecule has 9 N–H and O–H groups in total. The maximum atomic E-state index is 13.0. The molecule has 2 aromatic carbocycles. The fraction of sp³-hybridized carbons (Fsp3) is 0.400. The summed E-state index contributed by atoms with van der Waals surface area (Å²) >= 11 is 0. The molecule has 8 atom stereocenters. The van der Waals surface area contributed by atoms with Crippen LogP contribution in [0.1, 0.15) is 11.7 Å². The first kappa shape index (κ1) is 27.1. The number of aromatic hydroxyl groups is 4. The van der Waals surface area contributed by atoms with Gasteiger partial charge in [-0.1, -0.05) is 0 Å². The summed E-state index contributed by atoms with van der Waals surface area (Å²) in [5.41, 5.74) is -1.18. The number of rotatable bonds is 5. The van der Waals surface area contributed by atoms with Gasteiger partial charge in [0.1, 0.15) is 71.0 Å². The van der Waals surface area contributed by atoms with Crippen molar-refractivity contribution in [2.45, 2.75) is 49.0 Å². The summed E-state index contributed by atoms with van der Waals surface area (Å²) in [6.07, 6.45) is -12.2. The van der Waals surface area contributed by atoms with Crippen LogP contribution in [0.3, 0.4) is 0 Å². The molecule has 1 aromatic heterocycles. The first-order valence-electron chi connectivity index (χ1n) is 11.8. The van der Waals surface area contributed by atoms with E-state index in [1.165, 1.54) is 12.1 Å². The van der Waals surface area contributed by atoms with Crippen LogP contribution < -0.4 is 5.43 Å². The highest BCUT2D eigenvalue weighted by Gasteiger charge is 2.50. The average molecular weight is 550 g/mol. The minimum Gasteiger partial charge on any atom is -0.507 e. The van der Waals surface area contributed by atoms with Gasteiger partial charge in [-0.25, -0.2) is 0 Å². The average Bonchev–Trinajstić information content (AvgIpc) is 3.20. The Bertz CT molecular complexity index is 1440. The quantitative estimate of drug-likeness (QED) is 0.171. The minimum atomic E-state index is -1.74. The van der Waals surface area contributed by atoms with Crippen LogP contribution in [-0.4, -0.2) is 102 Å². The number of fused-ring (bicyclic) bond motifs is 1. The summed E-state index contributed by atoms with van der Waals surface area (Å²) in [7, 11) is 0. The number of phenolic OH excluding ortho intramolecular Hbond substituents is 4. The van der Waals surface area contributed by atoms with Crippen LogP contribution in [0.4, 0.5) is 0 Å². The SMILES string of the molecule is O=c1cc(-c2ccc(O)c(O)c2)oc2cc(O)c([C@H]3O[C@H](CO)[C@@H](O)[C@@H]3O[C@@H]3OC[C@@H](O)[C@H](O)[C@H]3O)c(O)c12. The van der Waals surface area contributed by atoms with Crippen molar-refractivity contribution in [2.24, 2.45) is 0 Å². The van der Waals surface area contributed by atoms with Crippen molar-refractivity contribution in [3.8, 4) is 34.3 Å². The Morgan fingerprint density at radius 3 is 2.33 bits per heavy atom. The van der Waals surface area contributed by atoms with Gasteiger partial charge in [0.25, 0.3) is 0 Å². The standard InChI is InChI=1S/C25H26O14/c26-6-16-20(33)24(39-25-22(35)19(32)13(31)7-36-25)23(38-16)18-12(30)5-15-17(21(18)34)11(29)4-14(37-15)8-1-2-9(27)10(28)3-8/h1-5,13,16,19-20,22-28,30-35H,6-7H2/t13-,16-,19+,20-,22-,23-,24+,25+/m1/s1. The molecule has 0 unspecified atom stereocenters. The molecule has 0 amide bonds. The van der Waals surface area contributed by atoms with Crippen molar-refractivity contribution in [3.05, 3.63) is 46.1 Å². The zero-order valence-corrected chi connectivity index (χ0v) is 20.0. The number of aliphatic hydroxyl groups excluding tert-OH is 5. The maximum Gasteiger partial charge on any atom is 0.197 e. The van der Waals surface area contributed by atoms with Gasteiger partial charge in [-0.05, 0) is 18.2 Å². The van der Waals surface area contributed by atoms with E-state index in [0.29, 0.717) is 0 Å². The molecule has 14 nitrogen and oxygen atoms in total. The summed E-state index contributed by atoms with van der Waals surface area (Å²) in [4.78, 5) is 13.0.